The predicted octanol–water partition coefficient (Wildman–Crippen LogP) is 6.54. The summed E-state index contributed by atoms with van der Waals surface area (Å²) in [6, 6.07) is 17.9. The van der Waals surface area contributed by atoms with Gasteiger partial charge >= 0.3 is 12.1 Å². The molecule has 2 N–H and O–H groups in total. The molecule has 7 nitrogen and oxygen atoms in total. The summed E-state index contributed by atoms with van der Waals surface area (Å²) in [5, 5.41) is 13.2. The molecule has 242 valence electrons. The Morgan fingerprint density at radius 1 is 0.872 bits per heavy atom. The van der Waals surface area contributed by atoms with Crippen LogP contribution in [0.1, 0.15) is 39.9 Å². The highest BCUT2D eigenvalue weighted by Gasteiger charge is 2.38. The molecule has 1 aromatic heterocycles. The van der Waals surface area contributed by atoms with E-state index in [1.165, 1.54) is 48.0 Å². The Hall–Kier alpha value is -5.03. The smallest absolute Gasteiger partial charge is 0.417 e. The van der Waals surface area contributed by atoms with Gasteiger partial charge in [-0.15, -0.1) is 0 Å². The molecule has 0 saturated carbocycles. The fourth-order valence-electron chi connectivity index (χ4n) is 6.60. The molecule has 0 aliphatic carbocycles. The van der Waals surface area contributed by atoms with Crippen molar-refractivity contribution in [3.8, 4) is 11.1 Å². The van der Waals surface area contributed by atoms with Crippen LogP contribution in [-0.2, 0) is 31.0 Å². The van der Waals surface area contributed by atoms with Crippen molar-refractivity contribution in [2.45, 2.75) is 38.0 Å². The normalized spacial score (nSPS) is 14.5. The van der Waals surface area contributed by atoms with E-state index in [1.807, 2.05) is 0 Å². The molecule has 11 heteroatoms. The van der Waals surface area contributed by atoms with Gasteiger partial charge in [0.25, 0.3) is 11.5 Å². The number of hydrogen-bond donors (Lipinski definition) is 2. The summed E-state index contributed by atoms with van der Waals surface area (Å²) in [6.45, 7) is 1.97. The summed E-state index contributed by atoms with van der Waals surface area (Å²) >= 11 is 0. The van der Waals surface area contributed by atoms with Crippen LogP contribution >= 0.6 is 0 Å². The van der Waals surface area contributed by atoms with Gasteiger partial charge in [0.2, 0.25) is 0 Å². The number of halogens is 4. The van der Waals surface area contributed by atoms with Gasteiger partial charge in [-0.1, -0.05) is 66.7 Å². The fourth-order valence-corrected chi connectivity index (χ4v) is 6.60. The van der Waals surface area contributed by atoms with Crippen molar-refractivity contribution in [1.29, 1.82) is 0 Å². The van der Waals surface area contributed by atoms with Crippen LogP contribution in [0.3, 0.4) is 0 Å². The SMILES string of the molecule is Cn1c(=O)c(-c2cccc3c(C[C@H](NC(=O)c4c(F)cccc4CN4CCCC4)C(=O)O)cccc23)c(C(F)(F)F)c2ccccc21. The Morgan fingerprint density at radius 3 is 2.23 bits per heavy atom. The first-order valence-electron chi connectivity index (χ1n) is 15.2. The number of alkyl halides is 3. The number of aromatic nitrogens is 1. The lowest BCUT2D eigenvalue weighted by Crippen LogP contribution is -2.43. The molecule has 1 aliphatic rings. The maximum absolute atomic E-state index is 15.0. The van der Waals surface area contributed by atoms with Crippen molar-refractivity contribution in [1.82, 2.24) is 14.8 Å². The number of pyridine rings is 1. The van der Waals surface area contributed by atoms with E-state index in [2.05, 4.69) is 10.2 Å². The van der Waals surface area contributed by atoms with Crippen molar-refractivity contribution in [2.75, 3.05) is 13.1 Å². The van der Waals surface area contributed by atoms with E-state index >= 15 is 4.39 Å². The molecule has 0 radical (unpaired) electrons. The van der Waals surface area contributed by atoms with Crippen molar-refractivity contribution >= 4 is 33.6 Å². The molecule has 1 amide bonds. The molecule has 47 heavy (non-hydrogen) atoms. The topological polar surface area (TPSA) is 91.6 Å². The Morgan fingerprint density at radius 2 is 1.51 bits per heavy atom. The third-order valence-corrected chi connectivity index (χ3v) is 8.82. The number of carbonyl (C=O) groups excluding carboxylic acids is 1. The Kier molecular flexibility index (Phi) is 8.59. The lowest BCUT2D eigenvalue weighted by atomic mass is 9.90. The highest BCUT2D eigenvalue weighted by atomic mass is 19.4. The second kappa shape index (κ2) is 12.6. The molecular weight excluding hydrogens is 614 g/mol. The highest BCUT2D eigenvalue weighted by molar-refractivity contribution is 6.02. The van der Waals surface area contributed by atoms with E-state index in [9.17, 15) is 32.7 Å². The van der Waals surface area contributed by atoms with Gasteiger partial charge in [-0.25, -0.2) is 9.18 Å². The first-order valence-corrected chi connectivity index (χ1v) is 15.2. The molecule has 1 aliphatic heterocycles. The maximum atomic E-state index is 15.0. The lowest BCUT2D eigenvalue weighted by Gasteiger charge is -2.21. The lowest BCUT2D eigenvalue weighted by molar-refractivity contribution is -0.139. The zero-order valence-electron chi connectivity index (χ0n) is 25.4. The summed E-state index contributed by atoms with van der Waals surface area (Å²) < 4.78 is 60.2. The number of rotatable bonds is 8. The zero-order valence-corrected chi connectivity index (χ0v) is 25.4. The van der Waals surface area contributed by atoms with E-state index in [4.69, 9.17) is 0 Å². The number of carboxylic acids is 1. The highest BCUT2D eigenvalue weighted by Crippen LogP contribution is 2.42. The van der Waals surface area contributed by atoms with Crippen LogP contribution in [0.15, 0.2) is 83.7 Å². The summed E-state index contributed by atoms with van der Waals surface area (Å²) in [6.07, 6.45) is -3.12. The van der Waals surface area contributed by atoms with E-state index < -0.39 is 46.6 Å². The number of carboxylic acid groups (broad SMARTS) is 1. The molecule has 1 atom stereocenters. The van der Waals surface area contributed by atoms with E-state index in [0.717, 1.165) is 32.0 Å². The largest absolute Gasteiger partial charge is 0.480 e. The van der Waals surface area contributed by atoms with Crippen LogP contribution in [0.2, 0.25) is 0 Å². The Bertz CT molecular complexity index is 2080. The van der Waals surface area contributed by atoms with Gasteiger partial charge in [-0.2, -0.15) is 13.2 Å². The van der Waals surface area contributed by atoms with Gasteiger partial charge in [-0.05, 0) is 65.5 Å². The monoisotopic (exact) mass is 645 g/mol. The minimum absolute atomic E-state index is 0.0387. The molecule has 1 saturated heterocycles. The van der Waals surface area contributed by atoms with Crippen molar-refractivity contribution < 1.29 is 32.3 Å². The van der Waals surface area contributed by atoms with Crippen LogP contribution in [0, 0.1) is 5.82 Å². The van der Waals surface area contributed by atoms with Gasteiger partial charge in [0, 0.05) is 25.4 Å². The number of nitrogens with one attached hydrogen (secondary N) is 1. The molecule has 0 unspecified atom stereocenters. The first-order chi connectivity index (χ1) is 22.5. The number of nitrogens with zero attached hydrogens (tertiary/aromatic N) is 2. The number of aliphatic carboxylic acids is 1. The fraction of sp³-hybridized carbons (Fsp3) is 0.250. The maximum Gasteiger partial charge on any atom is 0.417 e. The van der Waals surface area contributed by atoms with Gasteiger partial charge in [-0.3, -0.25) is 14.5 Å². The van der Waals surface area contributed by atoms with Crippen LogP contribution in [-0.4, -0.2) is 45.6 Å². The summed E-state index contributed by atoms with van der Waals surface area (Å²) in [5.74, 6) is -3.01. The summed E-state index contributed by atoms with van der Waals surface area (Å²) in [5.41, 5.74) is -1.61. The number of carbonyl (C=O) groups is 2. The van der Waals surface area contributed by atoms with Gasteiger partial charge in [0.15, 0.2) is 0 Å². The first kappa shape index (κ1) is 31.9. The van der Waals surface area contributed by atoms with Crippen LogP contribution in [0.4, 0.5) is 17.6 Å². The Labute approximate surface area is 267 Å². The molecule has 2 heterocycles. The summed E-state index contributed by atoms with van der Waals surface area (Å²) in [7, 11) is 1.41. The minimum Gasteiger partial charge on any atom is -0.480 e. The number of benzene rings is 4. The number of likely N-dealkylation sites (tertiary alicyclic amines) is 1. The molecule has 4 aromatic carbocycles. The quantitative estimate of drug-likeness (QED) is 0.187. The van der Waals surface area contributed by atoms with Crippen molar-refractivity contribution in [3.05, 3.63) is 117 Å². The number of hydrogen-bond acceptors (Lipinski definition) is 4. The molecule has 0 spiro atoms. The van der Waals surface area contributed by atoms with Gasteiger partial charge < -0.3 is 15.0 Å². The van der Waals surface area contributed by atoms with Crippen LogP contribution in [0.5, 0.6) is 0 Å². The predicted molar refractivity (Wildman–Crippen MR) is 171 cm³/mol. The van der Waals surface area contributed by atoms with Crippen LogP contribution in [0.25, 0.3) is 32.8 Å². The summed E-state index contributed by atoms with van der Waals surface area (Å²) in [4.78, 5) is 41.5. The van der Waals surface area contributed by atoms with Crippen LogP contribution < -0.4 is 10.9 Å². The number of para-hydroxylation sites is 1. The average Bonchev–Trinajstić information content (AvgIpc) is 3.55. The van der Waals surface area contributed by atoms with Crippen molar-refractivity contribution in [3.63, 3.8) is 0 Å². The molecule has 1 fully saturated rings. The van der Waals surface area contributed by atoms with E-state index in [0.29, 0.717) is 28.4 Å². The van der Waals surface area contributed by atoms with E-state index in [-0.39, 0.29) is 28.5 Å². The average molecular weight is 646 g/mol. The zero-order chi connectivity index (χ0) is 33.5. The minimum atomic E-state index is -4.86. The number of fused-ring (bicyclic) bond motifs is 2. The second-order valence-electron chi connectivity index (χ2n) is 11.8. The molecule has 5 aromatic rings. The van der Waals surface area contributed by atoms with Gasteiger partial charge in [0.1, 0.15) is 11.9 Å². The number of aryl methyl sites for hydroxylation is 1. The molecule has 6 rings (SSSR count). The second-order valence-corrected chi connectivity index (χ2v) is 11.8. The Balaban J connectivity index is 1.40. The standard InChI is InChI=1S/C36H31F4N3O4/c1-42-29-16-3-2-11-26(29)32(36(38,39)40)31(34(42)45)25-14-8-12-23-21(9-6-13-24(23)25)19-28(35(46)47)41-33(44)30-22(10-7-15-27(30)37)20-43-17-4-5-18-43/h2-3,6-16,28H,4-5,17-20H2,1H3,(H,41,44)(H,46,47)/t28-/m0/s1. The van der Waals surface area contributed by atoms with Crippen molar-refractivity contribution in [2.24, 2.45) is 7.05 Å². The molecule has 0 bridgehead atoms. The number of amides is 1. The third kappa shape index (κ3) is 6.10. The third-order valence-electron chi connectivity index (χ3n) is 8.82. The van der Waals surface area contributed by atoms with E-state index in [1.54, 1.807) is 36.4 Å². The molecular formula is C36H31F4N3O4. The van der Waals surface area contributed by atoms with Gasteiger partial charge in [0.05, 0.1) is 22.2 Å².